The molecule has 2 aromatic carbocycles. The van der Waals surface area contributed by atoms with Crippen LogP contribution < -0.4 is 5.32 Å². The van der Waals surface area contributed by atoms with Gasteiger partial charge in [0, 0.05) is 11.4 Å². The summed E-state index contributed by atoms with van der Waals surface area (Å²) in [7, 11) is 0. The van der Waals surface area contributed by atoms with Gasteiger partial charge in [0.25, 0.3) is 0 Å². The number of rotatable bonds is 4. The number of hydrogen-bond acceptors (Lipinski definition) is 4. The summed E-state index contributed by atoms with van der Waals surface area (Å²) in [6, 6.07) is 16.6. The molecule has 1 saturated heterocycles. The van der Waals surface area contributed by atoms with Crippen LogP contribution in [0.3, 0.4) is 0 Å². The van der Waals surface area contributed by atoms with Crippen LogP contribution in [0.1, 0.15) is 11.1 Å². The molecule has 6 heteroatoms. The van der Waals surface area contributed by atoms with Gasteiger partial charge in [0.1, 0.15) is 12.6 Å². The second-order valence-corrected chi connectivity index (χ2v) is 6.88. The zero-order valence-corrected chi connectivity index (χ0v) is 14.8. The van der Waals surface area contributed by atoms with E-state index in [4.69, 9.17) is 4.74 Å². The lowest BCUT2D eigenvalue weighted by Gasteiger charge is -2.22. The fourth-order valence-electron chi connectivity index (χ4n) is 2.50. The Morgan fingerprint density at radius 1 is 1.16 bits per heavy atom. The van der Waals surface area contributed by atoms with Crippen molar-refractivity contribution in [2.45, 2.75) is 19.6 Å². The number of aryl methyl sites for hydroxylation is 1. The predicted octanol–water partition coefficient (Wildman–Crippen LogP) is 3.65. The molecule has 0 spiro atoms. The standard InChI is InChI=1S/C19H20N2O3S/c1-14-7-9-16(10-8-14)20-18(22)17-12-25-13-21(17)19(23)24-11-15-5-3-2-4-6-15/h2-10,17H,11-13H2,1H3,(H,20,22)/t17-/m0/s1. The number of carbonyl (C=O) groups excluding carboxylic acids is 2. The minimum absolute atomic E-state index is 0.189. The van der Waals surface area contributed by atoms with Crippen LogP contribution in [0.2, 0.25) is 0 Å². The summed E-state index contributed by atoms with van der Waals surface area (Å²) in [5, 5.41) is 2.87. The van der Waals surface area contributed by atoms with E-state index in [-0.39, 0.29) is 12.5 Å². The lowest BCUT2D eigenvalue weighted by atomic mass is 10.2. The minimum Gasteiger partial charge on any atom is -0.445 e. The number of nitrogens with zero attached hydrogens (tertiary/aromatic N) is 1. The number of ether oxygens (including phenoxy) is 1. The molecule has 2 amide bonds. The second-order valence-electron chi connectivity index (χ2n) is 5.88. The third kappa shape index (κ3) is 4.54. The molecule has 0 bridgehead atoms. The number of amides is 2. The Morgan fingerprint density at radius 3 is 2.60 bits per heavy atom. The van der Waals surface area contributed by atoms with E-state index >= 15 is 0 Å². The Bertz CT molecular complexity index is 734. The summed E-state index contributed by atoms with van der Waals surface area (Å²) in [6.07, 6.45) is -0.460. The van der Waals surface area contributed by atoms with Gasteiger partial charge in [-0.15, -0.1) is 11.8 Å². The highest BCUT2D eigenvalue weighted by Crippen LogP contribution is 2.23. The summed E-state index contributed by atoms with van der Waals surface area (Å²) in [5.74, 6) is 0.836. The number of nitrogens with one attached hydrogen (secondary N) is 1. The van der Waals surface area contributed by atoms with Crippen LogP contribution in [-0.2, 0) is 16.1 Å². The highest BCUT2D eigenvalue weighted by molar-refractivity contribution is 7.99. The Balaban J connectivity index is 1.58. The van der Waals surface area contributed by atoms with Gasteiger partial charge in [-0.3, -0.25) is 9.69 Å². The quantitative estimate of drug-likeness (QED) is 0.908. The monoisotopic (exact) mass is 356 g/mol. The molecule has 5 nitrogen and oxygen atoms in total. The van der Waals surface area contributed by atoms with Gasteiger partial charge in [-0.1, -0.05) is 48.0 Å². The molecule has 0 radical (unpaired) electrons. The fourth-order valence-corrected chi connectivity index (χ4v) is 3.65. The van der Waals surface area contributed by atoms with E-state index in [1.54, 1.807) is 11.8 Å². The molecule has 1 fully saturated rings. The van der Waals surface area contributed by atoms with Gasteiger partial charge in [0.2, 0.25) is 5.91 Å². The number of thioether (sulfide) groups is 1. The van der Waals surface area contributed by atoms with E-state index in [0.717, 1.165) is 16.8 Å². The van der Waals surface area contributed by atoms with Crippen molar-refractivity contribution in [3.63, 3.8) is 0 Å². The molecule has 130 valence electrons. The first kappa shape index (κ1) is 17.4. The summed E-state index contributed by atoms with van der Waals surface area (Å²) in [6.45, 7) is 2.19. The molecule has 1 N–H and O–H groups in total. The highest BCUT2D eigenvalue weighted by Gasteiger charge is 2.35. The molecule has 1 atom stereocenters. The van der Waals surface area contributed by atoms with Crippen LogP contribution in [0, 0.1) is 6.92 Å². The molecular weight excluding hydrogens is 336 g/mol. The predicted molar refractivity (Wildman–Crippen MR) is 99.4 cm³/mol. The van der Waals surface area contributed by atoms with Crippen molar-refractivity contribution in [3.05, 3.63) is 65.7 Å². The SMILES string of the molecule is Cc1ccc(NC(=O)[C@@H]2CSCN2C(=O)OCc2ccccc2)cc1. The number of benzene rings is 2. The third-order valence-corrected chi connectivity index (χ3v) is 4.96. The topological polar surface area (TPSA) is 58.6 Å². The van der Waals surface area contributed by atoms with Crippen molar-refractivity contribution in [2.24, 2.45) is 0 Å². The van der Waals surface area contributed by atoms with Crippen molar-refractivity contribution < 1.29 is 14.3 Å². The van der Waals surface area contributed by atoms with Gasteiger partial charge >= 0.3 is 6.09 Å². The van der Waals surface area contributed by atoms with Crippen molar-refractivity contribution in [1.82, 2.24) is 4.90 Å². The van der Waals surface area contributed by atoms with Crippen LogP contribution in [-0.4, -0.2) is 34.6 Å². The van der Waals surface area contributed by atoms with Gasteiger partial charge in [-0.2, -0.15) is 0 Å². The van der Waals surface area contributed by atoms with Crippen molar-refractivity contribution in [1.29, 1.82) is 0 Å². The van der Waals surface area contributed by atoms with Gasteiger partial charge in [0.15, 0.2) is 0 Å². The van der Waals surface area contributed by atoms with E-state index in [1.807, 2.05) is 61.5 Å². The second kappa shape index (κ2) is 8.07. The number of anilines is 1. The molecule has 25 heavy (non-hydrogen) atoms. The molecule has 3 rings (SSSR count). The highest BCUT2D eigenvalue weighted by atomic mass is 32.2. The van der Waals surface area contributed by atoms with Crippen molar-refractivity contribution >= 4 is 29.4 Å². The Kier molecular flexibility index (Phi) is 5.60. The zero-order chi connectivity index (χ0) is 17.6. The molecule has 0 saturated carbocycles. The van der Waals surface area contributed by atoms with E-state index in [9.17, 15) is 9.59 Å². The maximum Gasteiger partial charge on any atom is 0.411 e. The lowest BCUT2D eigenvalue weighted by Crippen LogP contribution is -2.44. The van der Waals surface area contributed by atoms with E-state index < -0.39 is 12.1 Å². The van der Waals surface area contributed by atoms with Gasteiger partial charge < -0.3 is 10.1 Å². The third-order valence-electron chi connectivity index (χ3n) is 3.94. The first-order valence-electron chi connectivity index (χ1n) is 8.06. The van der Waals surface area contributed by atoms with Crippen LogP contribution in [0.15, 0.2) is 54.6 Å². The number of hydrogen-bond donors (Lipinski definition) is 1. The Labute approximate surface area is 151 Å². The molecule has 0 unspecified atom stereocenters. The minimum atomic E-state index is -0.519. The molecule has 1 heterocycles. The van der Waals surface area contributed by atoms with Gasteiger partial charge in [-0.25, -0.2) is 4.79 Å². The lowest BCUT2D eigenvalue weighted by molar-refractivity contribution is -0.119. The Hall–Kier alpha value is -2.47. The van der Waals surface area contributed by atoms with Crippen LogP contribution >= 0.6 is 11.8 Å². The van der Waals surface area contributed by atoms with Crippen LogP contribution in [0.5, 0.6) is 0 Å². The number of carbonyl (C=O) groups is 2. The fraction of sp³-hybridized carbons (Fsp3) is 0.263. The summed E-state index contributed by atoms with van der Waals surface area (Å²) in [4.78, 5) is 26.3. The summed E-state index contributed by atoms with van der Waals surface area (Å²) >= 11 is 1.55. The summed E-state index contributed by atoms with van der Waals surface area (Å²) in [5.41, 5.74) is 2.77. The molecule has 0 aromatic heterocycles. The largest absolute Gasteiger partial charge is 0.445 e. The molecular formula is C19H20N2O3S. The zero-order valence-electron chi connectivity index (χ0n) is 14.0. The normalized spacial score (nSPS) is 16.5. The molecule has 0 aliphatic carbocycles. The van der Waals surface area contributed by atoms with Crippen molar-refractivity contribution in [3.8, 4) is 0 Å². The maximum atomic E-state index is 12.5. The van der Waals surface area contributed by atoms with Crippen molar-refractivity contribution in [2.75, 3.05) is 16.9 Å². The molecule has 1 aliphatic heterocycles. The smallest absolute Gasteiger partial charge is 0.411 e. The van der Waals surface area contributed by atoms with Gasteiger partial charge in [-0.05, 0) is 24.6 Å². The molecule has 1 aliphatic rings. The maximum absolute atomic E-state index is 12.5. The molecule has 2 aromatic rings. The average molecular weight is 356 g/mol. The van der Waals surface area contributed by atoms with E-state index in [2.05, 4.69) is 5.32 Å². The van der Waals surface area contributed by atoms with E-state index in [1.165, 1.54) is 4.90 Å². The summed E-state index contributed by atoms with van der Waals surface area (Å²) < 4.78 is 5.35. The van der Waals surface area contributed by atoms with Gasteiger partial charge in [0.05, 0.1) is 5.88 Å². The van der Waals surface area contributed by atoms with E-state index in [0.29, 0.717) is 11.6 Å². The average Bonchev–Trinajstić information content (AvgIpc) is 3.12. The Morgan fingerprint density at radius 2 is 1.88 bits per heavy atom. The first-order valence-corrected chi connectivity index (χ1v) is 9.21. The van der Waals surface area contributed by atoms with Crippen LogP contribution in [0.25, 0.3) is 0 Å². The first-order chi connectivity index (χ1) is 12.1. The van der Waals surface area contributed by atoms with Crippen LogP contribution in [0.4, 0.5) is 10.5 Å².